The molecule has 0 aromatic heterocycles. The summed E-state index contributed by atoms with van der Waals surface area (Å²) in [5, 5.41) is 25.0. The lowest BCUT2D eigenvalue weighted by Gasteiger charge is -2.34. The predicted molar refractivity (Wildman–Crippen MR) is 187 cm³/mol. The molecule has 11 nitrogen and oxygen atoms in total. The van der Waals surface area contributed by atoms with Crippen LogP contribution in [0.25, 0.3) is 0 Å². The van der Waals surface area contributed by atoms with Gasteiger partial charge in [-0.3, -0.25) is 19.2 Å². The summed E-state index contributed by atoms with van der Waals surface area (Å²) in [5.41, 5.74) is 13.7. The Bertz CT molecular complexity index is 1290. The van der Waals surface area contributed by atoms with E-state index >= 15 is 0 Å². The van der Waals surface area contributed by atoms with E-state index in [1.165, 1.54) is 0 Å². The molecule has 2 aromatic rings. The van der Waals surface area contributed by atoms with Crippen LogP contribution >= 0.6 is 0 Å². The van der Waals surface area contributed by atoms with Crippen molar-refractivity contribution < 1.29 is 29.2 Å². The fourth-order valence-corrected chi connectivity index (χ4v) is 6.25. The zero-order valence-electron chi connectivity index (χ0n) is 28.4. The van der Waals surface area contributed by atoms with Crippen LogP contribution in [0.2, 0.25) is 5.82 Å². The van der Waals surface area contributed by atoms with Crippen LogP contribution in [-0.4, -0.2) is 83.3 Å². The second kappa shape index (κ2) is 20.1. The Morgan fingerprint density at radius 1 is 0.854 bits per heavy atom. The van der Waals surface area contributed by atoms with Gasteiger partial charge in [0, 0.05) is 25.4 Å². The number of nitrogens with one attached hydrogen (secondary N) is 2. The Hall–Kier alpha value is -3.58. The Labute approximate surface area is 285 Å². The fraction of sp³-hybridized carbons (Fsp3) is 0.556. The third-order valence-corrected chi connectivity index (χ3v) is 9.03. The maximum absolute atomic E-state index is 14.0. The van der Waals surface area contributed by atoms with Gasteiger partial charge in [-0.2, -0.15) is 0 Å². The fourth-order valence-electron chi connectivity index (χ4n) is 6.25. The van der Waals surface area contributed by atoms with Gasteiger partial charge < -0.3 is 37.0 Å². The second-order valence-electron chi connectivity index (χ2n) is 13.5. The number of ketones is 1. The molecule has 1 aliphatic rings. The van der Waals surface area contributed by atoms with Gasteiger partial charge in [-0.25, -0.2) is 0 Å². The number of benzene rings is 2. The summed E-state index contributed by atoms with van der Waals surface area (Å²) < 4.78 is 0. The minimum atomic E-state index is -1.42. The molecule has 3 amide bonds. The van der Waals surface area contributed by atoms with Crippen LogP contribution in [0.5, 0.6) is 0 Å². The monoisotopic (exact) mass is 663 g/mol. The van der Waals surface area contributed by atoms with E-state index in [1.54, 1.807) is 4.90 Å². The molecule has 262 valence electrons. The lowest BCUT2D eigenvalue weighted by Crippen LogP contribution is -2.53. The molecule has 0 spiro atoms. The lowest BCUT2D eigenvalue weighted by atomic mass is 9.67. The number of rotatable bonds is 19. The van der Waals surface area contributed by atoms with E-state index in [0.717, 1.165) is 11.1 Å². The first-order valence-corrected chi connectivity index (χ1v) is 17.3. The number of carbonyl (C=O) groups is 4. The molecule has 1 fully saturated rings. The van der Waals surface area contributed by atoms with Crippen molar-refractivity contribution in [2.45, 2.75) is 95.6 Å². The number of piperidine rings is 1. The van der Waals surface area contributed by atoms with Gasteiger partial charge in [-0.1, -0.05) is 74.5 Å². The third-order valence-electron chi connectivity index (χ3n) is 9.03. The third kappa shape index (κ3) is 12.8. The van der Waals surface area contributed by atoms with Crippen molar-refractivity contribution in [3.8, 4) is 0 Å². The first kappa shape index (κ1) is 38.9. The van der Waals surface area contributed by atoms with Crippen molar-refractivity contribution in [3.05, 3.63) is 71.8 Å². The van der Waals surface area contributed by atoms with E-state index in [0.29, 0.717) is 64.6 Å². The van der Waals surface area contributed by atoms with Gasteiger partial charge in [0.25, 0.3) is 0 Å². The molecule has 1 aliphatic heterocycles. The van der Waals surface area contributed by atoms with Crippen molar-refractivity contribution in [2.75, 3.05) is 19.6 Å². The van der Waals surface area contributed by atoms with Gasteiger partial charge in [0.05, 0.1) is 12.1 Å². The molecule has 4 atom stereocenters. The molecule has 1 saturated heterocycles. The molecule has 1 heterocycles. The van der Waals surface area contributed by atoms with Crippen LogP contribution in [-0.2, 0) is 32.0 Å². The largest absolute Gasteiger partial charge is 0.454 e. The Kier molecular flexibility index (Phi) is 16.2. The molecular weight excluding hydrogens is 609 g/mol. The summed E-state index contributed by atoms with van der Waals surface area (Å²) in [6.45, 7) is 5.14. The van der Waals surface area contributed by atoms with Gasteiger partial charge in [0.15, 0.2) is 5.78 Å². The Morgan fingerprint density at radius 2 is 1.42 bits per heavy atom. The molecule has 8 N–H and O–H groups in total. The zero-order chi connectivity index (χ0) is 35.1. The van der Waals surface area contributed by atoms with E-state index in [-0.39, 0.29) is 42.2 Å². The summed E-state index contributed by atoms with van der Waals surface area (Å²) in [6.07, 6.45) is 3.52. The van der Waals surface area contributed by atoms with Crippen molar-refractivity contribution >= 4 is 30.6 Å². The first-order chi connectivity index (χ1) is 23.0. The van der Waals surface area contributed by atoms with E-state index in [4.69, 9.17) is 11.5 Å². The highest BCUT2D eigenvalue weighted by molar-refractivity contribution is 6.43. The molecule has 0 unspecified atom stereocenters. The number of unbranched alkanes of at least 4 members (excludes halogenated alkanes) is 1. The van der Waals surface area contributed by atoms with Gasteiger partial charge in [0.1, 0.15) is 6.04 Å². The van der Waals surface area contributed by atoms with Crippen molar-refractivity contribution in [1.82, 2.24) is 15.5 Å². The van der Waals surface area contributed by atoms with E-state index in [1.807, 2.05) is 74.5 Å². The van der Waals surface area contributed by atoms with Crippen LogP contribution in [0.3, 0.4) is 0 Å². The van der Waals surface area contributed by atoms with Crippen molar-refractivity contribution in [2.24, 2.45) is 23.3 Å². The van der Waals surface area contributed by atoms with Gasteiger partial charge in [-0.15, -0.1) is 0 Å². The Morgan fingerprint density at radius 3 is 1.96 bits per heavy atom. The smallest absolute Gasteiger partial charge is 0.427 e. The summed E-state index contributed by atoms with van der Waals surface area (Å²) in [7, 11) is -1.42. The predicted octanol–water partition coefficient (Wildman–Crippen LogP) is 1.98. The van der Waals surface area contributed by atoms with Gasteiger partial charge >= 0.3 is 7.12 Å². The molecule has 0 aliphatic carbocycles. The van der Waals surface area contributed by atoms with Crippen LogP contribution in [0.4, 0.5) is 0 Å². The highest BCUT2D eigenvalue weighted by atomic mass is 16.4. The van der Waals surface area contributed by atoms with E-state index < -0.39 is 37.1 Å². The average molecular weight is 664 g/mol. The number of hydrogen-bond acceptors (Lipinski definition) is 8. The second-order valence-corrected chi connectivity index (χ2v) is 13.5. The number of carbonyl (C=O) groups excluding carboxylic acids is 4. The lowest BCUT2D eigenvalue weighted by molar-refractivity contribution is -0.139. The number of nitrogens with two attached hydrogens (primary N) is 2. The van der Waals surface area contributed by atoms with E-state index in [9.17, 15) is 29.2 Å². The topological polar surface area (TPSA) is 188 Å². The number of nitrogens with zero attached hydrogens (tertiary/aromatic N) is 1. The van der Waals surface area contributed by atoms with Gasteiger partial charge in [0.2, 0.25) is 17.7 Å². The summed E-state index contributed by atoms with van der Waals surface area (Å²) >= 11 is 0. The zero-order valence-corrected chi connectivity index (χ0v) is 28.4. The SMILES string of the molecule is CC(C)C[C@@H](CC(=O)[C@@H](Cc1ccccc1)NC(=O)[C@H](N)Cc1ccccc1)C(=O)N[C@H](CCCCN)C(=O)N1CCC(B(O)O)CC1. The Balaban J connectivity index is 1.75. The molecule has 0 radical (unpaired) electrons. The first-order valence-electron chi connectivity index (χ1n) is 17.3. The van der Waals surface area contributed by atoms with Crippen LogP contribution < -0.4 is 22.1 Å². The molecule has 0 bridgehead atoms. The standard InChI is InChI=1S/C36H54BN5O6/c1-25(2)21-28(34(44)40-31(15-9-10-18-38)36(46)42-19-16-29(17-20-42)37(47)48)24-33(43)32(23-27-13-7-4-8-14-27)41-35(45)30(39)22-26-11-5-3-6-12-26/h3-8,11-14,25,28-32,47-48H,9-10,15-24,38-39H2,1-2H3,(H,40,44)(H,41,45)/t28-,30+,31+,32+/m0/s1. The van der Waals surface area contributed by atoms with Gasteiger partial charge in [-0.05, 0) is 80.8 Å². The van der Waals surface area contributed by atoms with E-state index in [2.05, 4.69) is 10.6 Å². The van der Waals surface area contributed by atoms with Crippen molar-refractivity contribution in [1.29, 1.82) is 0 Å². The maximum Gasteiger partial charge on any atom is 0.454 e. The summed E-state index contributed by atoms with van der Waals surface area (Å²) in [6, 6.07) is 16.3. The highest BCUT2D eigenvalue weighted by Gasteiger charge is 2.35. The molecular formula is C36H54BN5O6. The van der Waals surface area contributed by atoms with Crippen LogP contribution in [0, 0.1) is 11.8 Å². The molecule has 0 saturated carbocycles. The minimum absolute atomic E-state index is 0.0883. The normalized spacial score (nSPS) is 16.1. The number of hydrogen-bond donors (Lipinski definition) is 6. The number of amides is 3. The number of Topliss-reactive ketones (excluding diaryl/α,β-unsaturated/α-hetero) is 1. The minimum Gasteiger partial charge on any atom is -0.427 e. The maximum atomic E-state index is 14.0. The molecule has 3 rings (SSSR count). The van der Waals surface area contributed by atoms with Crippen molar-refractivity contribution in [3.63, 3.8) is 0 Å². The number of likely N-dealkylation sites (tertiary alicyclic amines) is 1. The summed E-state index contributed by atoms with van der Waals surface area (Å²) in [4.78, 5) is 56.4. The summed E-state index contributed by atoms with van der Waals surface area (Å²) in [5.74, 6) is -2.25. The molecule has 12 heteroatoms. The highest BCUT2D eigenvalue weighted by Crippen LogP contribution is 2.25. The van der Waals surface area contributed by atoms with Crippen LogP contribution in [0.1, 0.15) is 69.9 Å². The molecule has 48 heavy (non-hydrogen) atoms. The average Bonchev–Trinajstić information content (AvgIpc) is 3.07. The quantitative estimate of drug-likeness (QED) is 0.0972. The van der Waals surface area contributed by atoms with Crippen LogP contribution in [0.15, 0.2) is 60.7 Å². The molecule has 2 aromatic carbocycles.